The highest BCUT2D eigenvalue weighted by Gasteiger charge is 2.36. The van der Waals surface area contributed by atoms with Gasteiger partial charge < -0.3 is 15.2 Å². The molecule has 4 aromatic rings. The van der Waals surface area contributed by atoms with Crippen molar-refractivity contribution in [1.29, 1.82) is 0 Å². The summed E-state index contributed by atoms with van der Waals surface area (Å²) in [5, 5.41) is 33.4. The zero-order valence-corrected chi connectivity index (χ0v) is 15.1. The molecule has 8 heteroatoms. The average molecular weight is 396 g/mol. The van der Waals surface area contributed by atoms with Crippen LogP contribution in [0.4, 0.5) is 5.69 Å². The number of nitro benzene ring substituents is 1. The number of aromatic hydroxyl groups is 2. The highest BCUT2D eigenvalue weighted by atomic mass is 35.5. The summed E-state index contributed by atoms with van der Waals surface area (Å²) in [6.07, 6.45) is 0.499. The van der Waals surface area contributed by atoms with Crippen LogP contribution < -0.4 is 0 Å². The maximum absolute atomic E-state index is 11.2. The summed E-state index contributed by atoms with van der Waals surface area (Å²) < 4.78 is 0. The Labute approximate surface area is 163 Å². The van der Waals surface area contributed by atoms with Crippen LogP contribution in [-0.4, -0.2) is 25.1 Å². The molecular weight excluding hydrogens is 382 g/mol. The van der Waals surface area contributed by atoms with Crippen molar-refractivity contribution in [2.45, 2.75) is 12.3 Å². The maximum Gasteiger partial charge on any atom is 0.270 e. The summed E-state index contributed by atoms with van der Waals surface area (Å²) >= 11 is 6.41. The number of hydrogen-bond acceptors (Lipinski definition) is 4. The lowest BCUT2D eigenvalue weighted by Crippen LogP contribution is -2.11. The molecule has 0 radical (unpaired) electrons. The molecule has 7 nitrogen and oxygen atoms in total. The SMILES string of the molecule is O=[N+]([O-])c1ccc2[nH]c3c(c2c1)-c1c(O)[nH]c(O)c1C(c1ccccc1Cl)C3. The number of hydrogen-bond donors (Lipinski definition) is 4. The van der Waals surface area contributed by atoms with Crippen LogP contribution in [0.1, 0.15) is 22.7 Å². The molecule has 0 fully saturated rings. The summed E-state index contributed by atoms with van der Waals surface area (Å²) in [5.74, 6) is -0.600. The molecule has 2 aromatic heterocycles. The van der Waals surface area contributed by atoms with E-state index in [1.165, 1.54) is 12.1 Å². The molecule has 0 bridgehead atoms. The maximum atomic E-state index is 11.2. The van der Waals surface area contributed by atoms with E-state index in [0.717, 1.165) is 16.8 Å². The summed E-state index contributed by atoms with van der Waals surface area (Å²) in [6, 6.07) is 11.9. The number of nitrogens with zero attached hydrogens (tertiary/aromatic N) is 1. The smallest absolute Gasteiger partial charge is 0.270 e. The number of aromatic amines is 2. The Balaban J connectivity index is 1.82. The third-order valence-corrected chi connectivity index (χ3v) is 5.70. The summed E-state index contributed by atoms with van der Waals surface area (Å²) in [6.45, 7) is 0. The van der Waals surface area contributed by atoms with Gasteiger partial charge in [0.05, 0.1) is 10.5 Å². The third-order valence-electron chi connectivity index (χ3n) is 5.36. The number of non-ortho nitro benzene ring substituents is 1. The Morgan fingerprint density at radius 3 is 2.61 bits per heavy atom. The van der Waals surface area contributed by atoms with Gasteiger partial charge in [0.2, 0.25) is 0 Å². The Morgan fingerprint density at radius 1 is 1.07 bits per heavy atom. The van der Waals surface area contributed by atoms with E-state index in [4.69, 9.17) is 11.6 Å². The summed E-state index contributed by atoms with van der Waals surface area (Å²) in [5.41, 5.74) is 3.97. The fraction of sp³-hybridized carbons (Fsp3) is 0.100. The van der Waals surface area contributed by atoms with Crippen molar-refractivity contribution in [3.05, 3.63) is 74.4 Å². The lowest BCUT2D eigenvalue weighted by molar-refractivity contribution is -0.384. The normalized spacial score (nSPS) is 15.4. The van der Waals surface area contributed by atoms with Crippen LogP contribution >= 0.6 is 11.6 Å². The minimum absolute atomic E-state index is 0.0386. The van der Waals surface area contributed by atoms with Gasteiger partial charge in [-0.1, -0.05) is 29.8 Å². The largest absolute Gasteiger partial charge is 0.494 e. The van der Waals surface area contributed by atoms with Gasteiger partial charge in [-0.05, 0) is 24.1 Å². The minimum Gasteiger partial charge on any atom is -0.494 e. The molecule has 140 valence electrons. The third kappa shape index (κ3) is 2.23. The molecular formula is C20H14ClN3O4. The van der Waals surface area contributed by atoms with Gasteiger partial charge >= 0.3 is 0 Å². The molecule has 5 rings (SSSR count). The minimum atomic E-state index is -0.455. The van der Waals surface area contributed by atoms with Crippen LogP contribution in [0.15, 0.2) is 42.5 Å². The number of rotatable bonds is 2. The molecule has 2 aromatic carbocycles. The Hall–Kier alpha value is -3.45. The Morgan fingerprint density at radius 2 is 1.86 bits per heavy atom. The van der Waals surface area contributed by atoms with Crippen molar-refractivity contribution in [3.63, 3.8) is 0 Å². The van der Waals surface area contributed by atoms with E-state index in [0.29, 0.717) is 33.5 Å². The van der Waals surface area contributed by atoms with Crippen molar-refractivity contribution in [2.24, 2.45) is 0 Å². The van der Waals surface area contributed by atoms with Gasteiger partial charge in [0, 0.05) is 50.8 Å². The van der Waals surface area contributed by atoms with Crippen LogP contribution in [0, 0.1) is 10.1 Å². The molecule has 1 atom stereocenters. The topological polar surface area (TPSA) is 115 Å². The van der Waals surface area contributed by atoms with Crippen LogP contribution in [0.5, 0.6) is 11.8 Å². The molecule has 0 spiro atoms. The van der Waals surface area contributed by atoms with Gasteiger partial charge in [-0.2, -0.15) is 0 Å². The molecule has 2 heterocycles. The van der Waals surface area contributed by atoms with Crippen LogP contribution in [0.2, 0.25) is 5.02 Å². The molecule has 0 saturated carbocycles. The van der Waals surface area contributed by atoms with Gasteiger partial charge in [-0.3, -0.25) is 15.1 Å². The molecule has 1 unspecified atom stereocenters. The monoisotopic (exact) mass is 395 g/mol. The van der Waals surface area contributed by atoms with Gasteiger partial charge in [0.15, 0.2) is 11.8 Å². The second-order valence-corrected chi connectivity index (χ2v) is 7.26. The van der Waals surface area contributed by atoms with Crippen molar-refractivity contribution >= 4 is 28.2 Å². The number of nitro groups is 1. The van der Waals surface area contributed by atoms with E-state index >= 15 is 0 Å². The molecule has 1 aliphatic rings. The number of benzene rings is 2. The van der Waals surface area contributed by atoms with E-state index in [1.54, 1.807) is 12.1 Å². The highest BCUT2D eigenvalue weighted by molar-refractivity contribution is 6.31. The fourth-order valence-electron chi connectivity index (χ4n) is 4.20. The van der Waals surface area contributed by atoms with E-state index in [-0.39, 0.29) is 23.4 Å². The number of H-pyrrole nitrogens is 2. The van der Waals surface area contributed by atoms with Gasteiger partial charge in [-0.15, -0.1) is 0 Å². The zero-order chi connectivity index (χ0) is 19.6. The van der Waals surface area contributed by atoms with Crippen molar-refractivity contribution < 1.29 is 15.1 Å². The molecule has 1 aliphatic carbocycles. The van der Waals surface area contributed by atoms with Gasteiger partial charge in [-0.25, -0.2) is 0 Å². The number of aromatic nitrogens is 2. The molecule has 0 amide bonds. The van der Waals surface area contributed by atoms with E-state index < -0.39 is 4.92 Å². The van der Waals surface area contributed by atoms with Crippen molar-refractivity contribution in [2.75, 3.05) is 0 Å². The first-order chi connectivity index (χ1) is 13.5. The quantitative estimate of drug-likeness (QED) is 0.287. The van der Waals surface area contributed by atoms with Gasteiger partial charge in [0.1, 0.15) is 0 Å². The number of nitrogens with one attached hydrogen (secondary N) is 2. The summed E-state index contributed by atoms with van der Waals surface area (Å²) in [4.78, 5) is 16.7. The second-order valence-electron chi connectivity index (χ2n) is 6.85. The van der Waals surface area contributed by atoms with Crippen LogP contribution in [0.3, 0.4) is 0 Å². The van der Waals surface area contributed by atoms with E-state index in [2.05, 4.69) is 9.97 Å². The first kappa shape index (κ1) is 16.7. The molecule has 0 aliphatic heterocycles. The van der Waals surface area contributed by atoms with Crippen LogP contribution in [0.25, 0.3) is 22.0 Å². The lowest BCUT2D eigenvalue weighted by atomic mass is 9.79. The first-order valence-electron chi connectivity index (χ1n) is 8.63. The number of fused-ring (bicyclic) bond motifs is 5. The second kappa shape index (κ2) is 5.77. The summed E-state index contributed by atoms with van der Waals surface area (Å²) in [7, 11) is 0. The Kier molecular flexibility index (Phi) is 3.44. The average Bonchev–Trinajstić information content (AvgIpc) is 3.17. The first-order valence-corrected chi connectivity index (χ1v) is 9.01. The molecule has 0 saturated heterocycles. The van der Waals surface area contributed by atoms with E-state index in [1.807, 2.05) is 18.2 Å². The fourth-order valence-corrected chi connectivity index (χ4v) is 4.46. The van der Waals surface area contributed by atoms with Gasteiger partial charge in [0.25, 0.3) is 5.69 Å². The molecule has 4 N–H and O–H groups in total. The Bertz CT molecular complexity index is 1270. The highest BCUT2D eigenvalue weighted by Crippen LogP contribution is 2.53. The van der Waals surface area contributed by atoms with Crippen molar-refractivity contribution in [3.8, 4) is 22.9 Å². The predicted molar refractivity (Wildman–Crippen MR) is 105 cm³/mol. The standard InChI is InChI=1S/C20H14ClN3O4/c21-13-4-2-1-3-10(13)11-8-15-16(18-17(11)19(25)23-20(18)26)12-7-9(24(27)28)5-6-14(12)22-15/h1-7,11,22-23,25-26H,8H2. The van der Waals surface area contributed by atoms with Crippen LogP contribution in [-0.2, 0) is 6.42 Å². The predicted octanol–water partition coefficient (Wildman–Crippen LogP) is 4.82. The number of halogens is 1. The van der Waals surface area contributed by atoms with E-state index in [9.17, 15) is 20.3 Å². The zero-order valence-electron chi connectivity index (χ0n) is 14.4. The molecule has 28 heavy (non-hydrogen) atoms. The van der Waals surface area contributed by atoms with Crippen molar-refractivity contribution in [1.82, 2.24) is 9.97 Å². The lowest BCUT2D eigenvalue weighted by Gasteiger charge is -2.24.